The van der Waals surface area contributed by atoms with Crippen LogP contribution in [0.3, 0.4) is 0 Å². The maximum Gasteiger partial charge on any atom is 0.337 e. The minimum absolute atomic E-state index is 0.0637. The highest BCUT2D eigenvalue weighted by Gasteiger charge is 2.44. The number of hydrogen-bond acceptors (Lipinski definition) is 3. The predicted octanol–water partition coefficient (Wildman–Crippen LogP) is 2.29. The summed E-state index contributed by atoms with van der Waals surface area (Å²) in [6.07, 6.45) is 0. The van der Waals surface area contributed by atoms with Gasteiger partial charge < -0.3 is 5.11 Å². The van der Waals surface area contributed by atoms with E-state index in [9.17, 15) is 14.4 Å². The number of carboxylic acid groups (broad SMARTS) is 1. The third-order valence-electron chi connectivity index (χ3n) is 3.40. The molecule has 1 fully saturated rings. The van der Waals surface area contributed by atoms with Crippen LogP contribution in [-0.4, -0.2) is 22.9 Å². The number of carbonyl (C=O) groups excluding carboxylic acids is 2. The zero-order chi connectivity index (χ0) is 14.3. The monoisotopic (exact) mass is 325 g/mol. The van der Waals surface area contributed by atoms with E-state index in [2.05, 4.69) is 15.9 Å². The summed E-state index contributed by atoms with van der Waals surface area (Å²) in [6, 6.07) is 4.41. The normalized spacial score (nSPS) is 23.0. The molecule has 5 nitrogen and oxygen atoms in total. The molecule has 0 bridgehead atoms. The van der Waals surface area contributed by atoms with Gasteiger partial charge in [-0.1, -0.05) is 29.8 Å². The van der Waals surface area contributed by atoms with Crippen molar-refractivity contribution in [3.05, 3.63) is 28.2 Å². The molecule has 19 heavy (non-hydrogen) atoms. The predicted molar refractivity (Wildman–Crippen MR) is 71.9 cm³/mol. The van der Waals surface area contributed by atoms with Gasteiger partial charge in [-0.25, -0.2) is 9.69 Å². The molecule has 6 heteroatoms. The summed E-state index contributed by atoms with van der Waals surface area (Å²) in [5.41, 5.74) is 0.0549. The van der Waals surface area contributed by atoms with Crippen molar-refractivity contribution in [2.75, 3.05) is 4.90 Å². The molecule has 0 aliphatic carbocycles. The van der Waals surface area contributed by atoms with Gasteiger partial charge in [0, 0.05) is 16.3 Å². The van der Waals surface area contributed by atoms with Gasteiger partial charge in [0.1, 0.15) is 0 Å². The van der Waals surface area contributed by atoms with Gasteiger partial charge in [-0.15, -0.1) is 0 Å². The van der Waals surface area contributed by atoms with Crippen LogP contribution in [0, 0.1) is 11.8 Å². The topological polar surface area (TPSA) is 74.7 Å². The van der Waals surface area contributed by atoms with Crippen LogP contribution in [0.1, 0.15) is 24.2 Å². The number of amides is 2. The van der Waals surface area contributed by atoms with Crippen LogP contribution in [0.2, 0.25) is 0 Å². The number of halogens is 1. The smallest absolute Gasteiger partial charge is 0.337 e. The van der Waals surface area contributed by atoms with Gasteiger partial charge in [0.25, 0.3) is 0 Å². The Hall–Kier alpha value is -1.69. The summed E-state index contributed by atoms with van der Waals surface area (Å²) >= 11 is 3.22. The molecule has 1 aliphatic rings. The van der Waals surface area contributed by atoms with E-state index in [4.69, 9.17) is 5.11 Å². The van der Waals surface area contributed by atoms with Crippen LogP contribution in [0.4, 0.5) is 5.69 Å². The largest absolute Gasteiger partial charge is 0.478 e. The van der Waals surface area contributed by atoms with Crippen molar-refractivity contribution in [2.45, 2.75) is 13.8 Å². The number of carbonyl (C=O) groups is 3. The molecule has 100 valence electrons. The first-order valence-electron chi connectivity index (χ1n) is 5.75. The van der Waals surface area contributed by atoms with Crippen LogP contribution >= 0.6 is 15.9 Å². The Labute approximate surface area is 118 Å². The Morgan fingerprint density at radius 1 is 1.21 bits per heavy atom. The van der Waals surface area contributed by atoms with E-state index >= 15 is 0 Å². The van der Waals surface area contributed by atoms with Gasteiger partial charge in [-0.05, 0) is 18.2 Å². The lowest BCUT2D eigenvalue weighted by Crippen LogP contribution is -2.32. The second-order valence-corrected chi connectivity index (χ2v) is 5.47. The van der Waals surface area contributed by atoms with Crippen molar-refractivity contribution in [1.82, 2.24) is 0 Å². The van der Waals surface area contributed by atoms with Crippen LogP contribution < -0.4 is 4.90 Å². The lowest BCUT2D eigenvalue weighted by molar-refractivity contribution is -0.122. The van der Waals surface area contributed by atoms with E-state index in [1.165, 1.54) is 12.1 Å². The molecule has 1 aliphatic heterocycles. The Balaban J connectivity index is 2.59. The van der Waals surface area contributed by atoms with Crippen molar-refractivity contribution in [3.63, 3.8) is 0 Å². The zero-order valence-corrected chi connectivity index (χ0v) is 12.0. The second-order valence-electron chi connectivity index (χ2n) is 4.56. The molecular weight excluding hydrogens is 314 g/mol. The molecule has 2 unspecified atom stereocenters. The first-order valence-corrected chi connectivity index (χ1v) is 6.54. The summed E-state index contributed by atoms with van der Waals surface area (Å²) in [4.78, 5) is 36.4. The third-order valence-corrected chi connectivity index (χ3v) is 3.89. The number of benzene rings is 1. The summed E-state index contributed by atoms with van der Waals surface area (Å²) in [7, 11) is 0. The first kappa shape index (κ1) is 13.7. The highest BCUT2D eigenvalue weighted by atomic mass is 79.9. The zero-order valence-electron chi connectivity index (χ0n) is 10.4. The van der Waals surface area contributed by atoms with Crippen LogP contribution in [0.5, 0.6) is 0 Å². The Morgan fingerprint density at radius 2 is 1.74 bits per heavy atom. The number of carboxylic acids is 1. The van der Waals surface area contributed by atoms with Crippen LogP contribution in [0.25, 0.3) is 0 Å². The lowest BCUT2D eigenvalue weighted by Gasteiger charge is -2.17. The van der Waals surface area contributed by atoms with Crippen LogP contribution in [-0.2, 0) is 9.59 Å². The van der Waals surface area contributed by atoms with E-state index in [1.807, 2.05) is 0 Å². The molecule has 1 aromatic carbocycles. The van der Waals surface area contributed by atoms with E-state index in [0.29, 0.717) is 4.47 Å². The van der Waals surface area contributed by atoms with Crippen molar-refractivity contribution < 1.29 is 19.5 Å². The lowest BCUT2D eigenvalue weighted by atomic mass is 10.00. The van der Waals surface area contributed by atoms with E-state index in [0.717, 1.165) is 4.90 Å². The summed E-state index contributed by atoms with van der Waals surface area (Å²) in [6.45, 7) is 3.34. The molecular formula is C13H12BrNO4. The fourth-order valence-electron chi connectivity index (χ4n) is 2.05. The first-order chi connectivity index (χ1) is 8.84. The van der Waals surface area contributed by atoms with Gasteiger partial charge in [0.15, 0.2) is 0 Å². The average Bonchev–Trinajstić information content (AvgIpc) is 2.53. The molecule has 1 saturated heterocycles. The van der Waals surface area contributed by atoms with E-state index in [1.54, 1.807) is 19.9 Å². The van der Waals surface area contributed by atoms with Crippen molar-refractivity contribution in [2.24, 2.45) is 11.8 Å². The van der Waals surface area contributed by atoms with E-state index in [-0.39, 0.29) is 23.1 Å². The molecule has 1 aromatic rings. The second kappa shape index (κ2) is 4.77. The van der Waals surface area contributed by atoms with E-state index < -0.39 is 17.8 Å². The number of imide groups is 1. The highest BCUT2D eigenvalue weighted by Crippen LogP contribution is 2.34. The number of anilines is 1. The Morgan fingerprint density at radius 3 is 2.21 bits per heavy atom. The molecule has 0 radical (unpaired) electrons. The average molecular weight is 326 g/mol. The molecule has 1 N–H and O–H groups in total. The quantitative estimate of drug-likeness (QED) is 0.846. The number of rotatable bonds is 2. The van der Waals surface area contributed by atoms with Gasteiger partial charge in [-0.3, -0.25) is 9.59 Å². The Bertz CT molecular complexity index is 564. The van der Waals surface area contributed by atoms with Gasteiger partial charge in [0.05, 0.1) is 11.3 Å². The van der Waals surface area contributed by atoms with Gasteiger partial charge in [0.2, 0.25) is 11.8 Å². The highest BCUT2D eigenvalue weighted by molar-refractivity contribution is 9.10. The minimum Gasteiger partial charge on any atom is -0.478 e. The summed E-state index contributed by atoms with van der Waals surface area (Å²) < 4.78 is 0.611. The third kappa shape index (κ3) is 2.16. The van der Waals surface area contributed by atoms with Crippen molar-refractivity contribution >= 4 is 39.4 Å². The molecule has 1 heterocycles. The number of aromatic carboxylic acids is 1. The fourth-order valence-corrected chi connectivity index (χ4v) is 2.40. The molecule has 0 aromatic heterocycles. The Kier molecular flexibility index (Phi) is 3.45. The SMILES string of the molecule is CC1C(=O)N(c2cc(Br)ccc2C(=O)O)C(=O)C1C. The standard InChI is InChI=1S/C13H12BrNO4/c1-6-7(2)12(17)15(11(6)16)10-5-8(14)3-4-9(10)13(18)19/h3-7H,1-2H3,(H,18,19). The molecule has 2 atom stereocenters. The number of hydrogen-bond donors (Lipinski definition) is 1. The van der Waals surface area contributed by atoms with Crippen molar-refractivity contribution in [3.8, 4) is 0 Å². The van der Waals surface area contributed by atoms with Crippen molar-refractivity contribution in [1.29, 1.82) is 0 Å². The molecule has 2 rings (SSSR count). The molecule has 0 spiro atoms. The van der Waals surface area contributed by atoms with Crippen LogP contribution in [0.15, 0.2) is 22.7 Å². The molecule has 0 saturated carbocycles. The maximum absolute atomic E-state index is 12.1. The fraction of sp³-hybridized carbons (Fsp3) is 0.308. The summed E-state index contributed by atoms with van der Waals surface area (Å²) in [5.74, 6) is -2.77. The molecule has 2 amide bonds. The number of nitrogens with zero attached hydrogens (tertiary/aromatic N) is 1. The summed E-state index contributed by atoms with van der Waals surface area (Å²) in [5, 5.41) is 9.16. The van der Waals surface area contributed by atoms with Gasteiger partial charge in [-0.2, -0.15) is 0 Å². The maximum atomic E-state index is 12.1. The minimum atomic E-state index is -1.17. The van der Waals surface area contributed by atoms with Gasteiger partial charge >= 0.3 is 5.97 Å².